The Kier molecular flexibility index (Phi) is 6.10. The van der Waals surface area contributed by atoms with Gasteiger partial charge in [0.25, 0.3) is 0 Å². The minimum absolute atomic E-state index is 0.267. The van der Waals surface area contributed by atoms with E-state index in [2.05, 4.69) is 5.32 Å². The third-order valence-electron chi connectivity index (χ3n) is 5.03. The molecule has 0 bridgehead atoms. The lowest BCUT2D eigenvalue weighted by atomic mass is 9.89. The Balaban J connectivity index is 1.86. The fourth-order valence-electron chi connectivity index (χ4n) is 3.56. The van der Waals surface area contributed by atoms with E-state index in [0.29, 0.717) is 12.1 Å². The third kappa shape index (κ3) is 4.76. The van der Waals surface area contributed by atoms with Crippen LogP contribution in [0.2, 0.25) is 0 Å². The third-order valence-corrected chi connectivity index (χ3v) is 6.85. The van der Waals surface area contributed by atoms with Crippen molar-refractivity contribution < 1.29 is 17.9 Å². The zero-order chi connectivity index (χ0) is 22.1. The topological polar surface area (TPSA) is 79.0 Å². The molecule has 2 aromatic carbocycles. The molecule has 1 amide bonds. The van der Waals surface area contributed by atoms with Crippen LogP contribution in [0.15, 0.2) is 48.5 Å². The van der Waals surface area contributed by atoms with Gasteiger partial charge in [-0.15, -0.1) is 0 Å². The predicted molar refractivity (Wildman–Crippen MR) is 118 cm³/mol. The van der Waals surface area contributed by atoms with Crippen LogP contribution in [0, 0.1) is 6.92 Å². The normalized spacial score (nSPS) is 17.7. The van der Waals surface area contributed by atoms with Gasteiger partial charge in [-0.25, -0.2) is 4.31 Å². The van der Waals surface area contributed by atoms with Crippen LogP contribution in [-0.4, -0.2) is 44.9 Å². The molecule has 2 aromatic rings. The first kappa shape index (κ1) is 22.1. The summed E-state index contributed by atoms with van der Waals surface area (Å²) in [7, 11) is -0.941. The Morgan fingerprint density at radius 1 is 1.17 bits per heavy atom. The van der Waals surface area contributed by atoms with Gasteiger partial charge < -0.3 is 10.1 Å². The Bertz CT molecular complexity index is 1020. The number of anilines is 1. The molecule has 1 aliphatic rings. The second-order valence-electron chi connectivity index (χ2n) is 8.36. The monoisotopic (exact) mass is 431 g/mol. The molecule has 0 radical (unpaired) electrons. The van der Waals surface area contributed by atoms with Crippen molar-refractivity contribution in [2.45, 2.75) is 38.8 Å². The lowest BCUT2D eigenvalue weighted by Gasteiger charge is -2.38. The highest BCUT2D eigenvalue weighted by atomic mass is 32.2. The van der Waals surface area contributed by atoms with Crippen LogP contribution >= 0.6 is 0 Å². The fourth-order valence-corrected chi connectivity index (χ4v) is 4.62. The molecule has 0 aliphatic carbocycles. The maximum absolute atomic E-state index is 13.0. The fraction of sp³-hybridized carbons (Fsp3) is 0.409. The van der Waals surface area contributed by atoms with Crippen molar-refractivity contribution >= 4 is 21.8 Å². The number of rotatable bonds is 6. The lowest BCUT2D eigenvalue weighted by molar-refractivity contribution is -0.120. The highest BCUT2D eigenvalue weighted by Crippen LogP contribution is 2.39. The van der Waals surface area contributed by atoms with Crippen LogP contribution in [0.25, 0.3) is 0 Å². The maximum atomic E-state index is 13.0. The minimum Gasteiger partial charge on any atom is -0.487 e. The molecular formula is C22H29N3O4S. The summed E-state index contributed by atoms with van der Waals surface area (Å²) in [6.07, 6.45) is 0.584. The zero-order valence-corrected chi connectivity index (χ0v) is 18.9. The van der Waals surface area contributed by atoms with Gasteiger partial charge >= 0.3 is 10.2 Å². The van der Waals surface area contributed by atoms with Crippen LogP contribution < -0.4 is 14.4 Å². The Labute approximate surface area is 178 Å². The zero-order valence-electron chi connectivity index (χ0n) is 18.0. The number of hydrogen-bond donors (Lipinski definition) is 1. The van der Waals surface area contributed by atoms with Crippen molar-refractivity contribution in [2.24, 2.45) is 0 Å². The van der Waals surface area contributed by atoms with Crippen molar-refractivity contribution in [1.82, 2.24) is 9.62 Å². The Morgan fingerprint density at radius 3 is 2.47 bits per heavy atom. The summed E-state index contributed by atoms with van der Waals surface area (Å²) in [6.45, 7) is 5.63. The molecule has 0 fully saturated rings. The SMILES string of the molecule is Cc1ccc2c(c1)OC(C)(C)C[C@H]2NC(=O)CN(c1ccccc1)S(=O)(=O)N(C)C. The summed E-state index contributed by atoms with van der Waals surface area (Å²) < 4.78 is 34.0. The van der Waals surface area contributed by atoms with Gasteiger partial charge in [0.1, 0.15) is 17.9 Å². The predicted octanol–water partition coefficient (Wildman–Crippen LogP) is 3.03. The van der Waals surface area contributed by atoms with Gasteiger partial charge in [0.05, 0.1) is 11.7 Å². The number of aryl methyl sites for hydroxylation is 1. The van der Waals surface area contributed by atoms with E-state index in [9.17, 15) is 13.2 Å². The van der Waals surface area contributed by atoms with E-state index in [1.807, 2.05) is 39.0 Å². The molecule has 0 aromatic heterocycles. The second kappa shape index (κ2) is 8.28. The number of hydrogen-bond acceptors (Lipinski definition) is 4. The molecule has 1 aliphatic heterocycles. The van der Waals surface area contributed by atoms with Crippen molar-refractivity contribution in [3.63, 3.8) is 0 Å². The molecule has 7 nitrogen and oxygen atoms in total. The number of nitrogens with zero attached hydrogens (tertiary/aromatic N) is 2. The van der Waals surface area contributed by atoms with Gasteiger partial charge in [-0.2, -0.15) is 12.7 Å². The number of fused-ring (bicyclic) bond motifs is 1. The molecular weight excluding hydrogens is 402 g/mol. The van der Waals surface area contributed by atoms with Crippen LogP contribution in [0.4, 0.5) is 5.69 Å². The van der Waals surface area contributed by atoms with E-state index in [1.54, 1.807) is 30.3 Å². The molecule has 162 valence electrons. The van der Waals surface area contributed by atoms with Crippen LogP contribution in [0.5, 0.6) is 5.75 Å². The quantitative estimate of drug-likeness (QED) is 0.763. The number of benzene rings is 2. The smallest absolute Gasteiger partial charge is 0.304 e. The molecule has 0 saturated carbocycles. The van der Waals surface area contributed by atoms with E-state index < -0.39 is 15.8 Å². The highest BCUT2D eigenvalue weighted by molar-refractivity contribution is 7.90. The Morgan fingerprint density at radius 2 is 1.83 bits per heavy atom. The summed E-state index contributed by atoms with van der Waals surface area (Å²) in [5.74, 6) is 0.371. The summed E-state index contributed by atoms with van der Waals surface area (Å²) >= 11 is 0. The van der Waals surface area contributed by atoms with E-state index in [0.717, 1.165) is 25.5 Å². The first-order chi connectivity index (χ1) is 14.0. The second-order valence-corrected chi connectivity index (χ2v) is 10.4. The number of carbonyl (C=O) groups is 1. The van der Waals surface area contributed by atoms with Crippen molar-refractivity contribution in [2.75, 3.05) is 24.9 Å². The number of amides is 1. The van der Waals surface area contributed by atoms with E-state index in [-0.39, 0.29) is 18.5 Å². The minimum atomic E-state index is -3.84. The average Bonchev–Trinajstić information content (AvgIpc) is 2.65. The van der Waals surface area contributed by atoms with Gasteiger partial charge in [0.15, 0.2) is 0 Å². The Hall–Kier alpha value is -2.58. The van der Waals surface area contributed by atoms with Crippen molar-refractivity contribution in [3.05, 3.63) is 59.7 Å². The summed E-state index contributed by atoms with van der Waals surface area (Å²) in [5.41, 5.74) is 1.96. The van der Waals surface area contributed by atoms with Gasteiger partial charge in [-0.05, 0) is 44.5 Å². The van der Waals surface area contributed by atoms with E-state index >= 15 is 0 Å². The average molecular weight is 432 g/mol. The molecule has 0 unspecified atom stereocenters. The molecule has 0 saturated heterocycles. The molecule has 1 N–H and O–H groups in total. The van der Waals surface area contributed by atoms with Crippen molar-refractivity contribution in [3.8, 4) is 5.75 Å². The van der Waals surface area contributed by atoms with Gasteiger partial charge in [-0.3, -0.25) is 4.79 Å². The molecule has 30 heavy (non-hydrogen) atoms. The summed E-state index contributed by atoms with van der Waals surface area (Å²) in [4.78, 5) is 13.0. The van der Waals surface area contributed by atoms with E-state index in [1.165, 1.54) is 14.1 Å². The van der Waals surface area contributed by atoms with Gasteiger partial charge in [-0.1, -0.05) is 30.3 Å². The van der Waals surface area contributed by atoms with Crippen LogP contribution in [-0.2, 0) is 15.0 Å². The standard InChI is InChI=1S/C22H29N3O4S/c1-16-11-12-18-19(14-22(2,3)29-20(18)13-16)23-21(26)15-25(30(27,28)24(4)5)17-9-7-6-8-10-17/h6-13,19H,14-15H2,1-5H3,(H,23,26)/t19-/m1/s1. The number of nitrogens with one attached hydrogen (secondary N) is 1. The lowest BCUT2D eigenvalue weighted by Crippen LogP contribution is -2.48. The first-order valence-electron chi connectivity index (χ1n) is 9.84. The molecule has 3 rings (SSSR count). The first-order valence-corrected chi connectivity index (χ1v) is 11.2. The van der Waals surface area contributed by atoms with E-state index in [4.69, 9.17) is 4.74 Å². The molecule has 0 spiro atoms. The van der Waals surface area contributed by atoms with Crippen LogP contribution in [0.3, 0.4) is 0 Å². The largest absolute Gasteiger partial charge is 0.487 e. The highest BCUT2D eigenvalue weighted by Gasteiger charge is 2.35. The summed E-state index contributed by atoms with van der Waals surface area (Å²) in [5, 5.41) is 3.02. The van der Waals surface area contributed by atoms with Gasteiger partial charge in [0, 0.05) is 26.1 Å². The van der Waals surface area contributed by atoms with Crippen LogP contribution in [0.1, 0.15) is 37.4 Å². The maximum Gasteiger partial charge on any atom is 0.304 e. The molecule has 1 atom stereocenters. The number of carbonyl (C=O) groups excluding carboxylic acids is 1. The van der Waals surface area contributed by atoms with Crippen molar-refractivity contribution in [1.29, 1.82) is 0 Å². The molecule has 8 heteroatoms. The molecule has 1 heterocycles. The summed E-state index contributed by atoms with van der Waals surface area (Å²) in [6, 6.07) is 14.2. The number of para-hydroxylation sites is 1. The van der Waals surface area contributed by atoms with Gasteiger partial charge in [0.2, 0.25) is 5.91 Å². The number of ether oxygens (including phenoxy) is 1.